The molecule has 0 unspecified atom stereocenters. The molecule has 0 radical (unpaired) electrons. The Morgan fingerprint density at radius 2 is 1.80 bits per heavy atom. The number of carbonyl (C=O) groups is 3. The third kappa shape index (κ3) is 8.24. The molecule has 11 nitrogen and oxygen atoms in total. The predicted octanol–water partition coefficient (Wildman–Crippen LogP) is 4.74. The Bertz CT molecular complexity index is 1310. The van der Waals surface area contributed by atoms with Crippen LogP contribution in [0.2, 0.25) is 0 Å². The van der Waals surface area contributed by atoms with E-state index in [9.17, 15) is 4.79 Å². The van der Waals surface area contributed by atoms with Crippen LogP contribution in [-0.2, 0) is 28.5 Å². The van der Waals surface area contributed by atoms with E-state index in [0.717, 1.165) is 35.4 Å². The van der Waals surface area contributed by atoms with Gasteiger partial charge in [-0.1, -0.05) is 40.7 Å². The number of hydrogen-bond acceptors (Lipinski definition) is 9. The van der Waals surface area contributed by atoms with Crippen molar-refractivity contribution in [3.05, 3.63) is 65.4 Å². The first kappa shape index (κ1) is 34.5. The van der Waals surface area contributed by atoms with E-state index < -0.39 is 0 Å². The van der Waals surface area contributed by atoms with Crippen LogP contribution in [0.5, 0.6) is 5.75 Å². The summed E-state index contributed by atoms with van der Waals surface area (Å²) in [4.78, 5) is 37.8. The third-order valence-electron chi connectivity index (χ3n) is 6.17. The molecule has 0 aliphatic heterocycles. The average molecular weight is 566 g/mol. The Labute approximate surface area is 242 Å². The lowest BCUT2D eigenvalue weighted by molar-refractivity contribution is -0.0987. The summed E-state index contributed by atoms with van der Waals surface area (Å²) in [5.74, 6) is 7.09. The number of nitrogens with one attached hydrogen (secondary N) is 2. The van der Waals surface area contributed by atoms with Crippen LogP contribution >= 0.6 is 0 Å². The highest BCUT2D eigenvalue weighted by molar-refractivity contribution is 6.05. The topological polar surface area (TPSA) is 144 Å². The van der Waals surface area contributed by atoms with Crippen LogP contribution in [0.25, 0.3) is 5.70 Å². The van der Waals surface area contributed by atoms with E-state index in [1.807, 2.05) is 63.3 Å². The van der Waals surface area contributed by atoms with Gasteiger partial charge in [0.05, 0.1) is 29.9 Å². The van der Waals surface area contributed by atoms with E-state index in [-0.39, 0.29) is 11.3 Å². The van der Waals surface area contributed by atoms with Crippen LogP contribution in [0.15, 0.2) is 42.9 Å². The van der Waals surface area contributed by atoms with Gasteiger partial charge in [0.2, 0.25) is 0 Å². The molecule has 0 saturated heterocycles. The van der Waals surface area contributed by atoms with Crippen molar-refractivity contribution >= 4 is 42.4 Å². The number of allylic oxidation sites excluding steroid dienone is 1. The van der Waals surface area contributed by atoms with Crippen LogP contribution in [-0.4, -0.2) is 48.2 Å². The fourth-order valence-corrected chi connectivity index (χ4v) is 4.31. The molecule has 222 valence electrons. The maximum Gasteiger partial charge on any atom is 0.272 e. The first-order valence-corrected chi connectivity index (χ1v) is 13.1. The molecular weight excluding hydrogens is 522 g/mol. The molecule has 2 heterocycles. The van der Waals surface area contributed by atoms with Crippen LogP contribution in [0.4, 0.5) is 17.2 Å². The van der Waals surface area contributed by atoms with Crippen molar-refractivity contribution in [3.8, 4) is 5.75 Å². The average Bonchev–Trinajstić information content (AvgIpc) is 3.33. The molecule has 1 aliphatic rings. The van der Waals surface area contributed by atoms with Gasteiger partial charge in [-0.2, -0.15) is 0 Å². The fourth-order valence-electron chi connectivity index (χ4n) is 4.31. The number of ether oxygens (including phenoxy) is 1. The molecule has 1 aromatic carbocycles. The van der Waals surface area contributed by atoms with Gasteiger partial charge < -0.3 is 34.5 Å². The summed E-state index contributed by atoms with van der Waals surface area (Å²) in [7, 11) is 5.22. The number of aromatic nitrogens is 3. The number of nitrogens with zero attached hydrogens (tertiary/aromatic N) is 4. The van der Waals surface area contributed by atoms with Crippen molar-refractivity contribution in [2.24, 2.45) is 12.9 Å². The zero-order valence-electron chi connectivity index (χ0n) is 25.4. The number of anilines is 3. The van der Waals surface area contributed by atoms with Crippen molar-refractivity contribution in [2.45, 2.75) is 52.9 Å². The summed E-state index contributed by atoms with van der Waals surface area (Å²) in [5, 5.41) is 7.93. The van der Waals surface area contributed by atoms with E-state index in [4.69, 9.17) is 20.2 Å². The Kier molecular flexibility index (Phi) is 13.4. The number of hydrazine groups is 1. The van der Waals surface area contributed by atoms with Crippen LogP contribution < -0.4 is 26.2 Å². The molecule has 0 saturated carbocycles. The number of rotatable bonds is 6. The van der Waals surface area contributed by atoms with E-state index >= 15 is 0 Å². The standard InChI is InChI=1S/C26H33N7O2.C2H6.2CH2O/c1-26(2,3)17-13-19(24(35-6)20(14-17)33(5)27)31-25(34)21-12-16-8-7-9-18(23(16)32(21)4)30-22-10-11-28-15-29-22;3*1-2/h9-15H,7-8,27H2,1-6H3,(H,31,34)(H,28,29,30);1-2H3;2*1H2. The largest absolute Gasteiger partial charge is 0.492 e. The Hall–Kier alpha value is -4.51. The molecule has 4 N–H and O–H groups in total. The maximum atomic E-state index is 13.5. The summed E-state index contributed by atoms with van der Waals surface area (Å²) in [6.45, 7) is 14.3. The Balaban J connectivity index is 0.00000131. The number of amides is 1. The van der Waals surface area contributed by atoms with Gasteiger partial charge in [0.15, 0.2) is 5.75 Å². The number of fused-ring (bicyclic) bond motifs is 1. The molecule has 0 spiro atoms. The Morgan fingerprint density at radius 1 is 1.15 bits per heavy atom. The van der Waals surface area contributed by atoms with Gasteiger partial charge in [0, 0.05) is 20.3 Å². The van der Waals surface area contributed by atoms with Gasteiger partial charge in [0.1, 0.15) is 31.4 Å². The third-order valence-corrected chi connectivity index (χ3v) is 6.17. The quantitative estimate of drug-likeness (QED) is 0.285. The van der Waals surface area contributed by atoms with Gasteiger partial charge in [-0.3, -0.25) is 4.79 Å². The second-order valence-corrected chi connectivity index (χ2v) is 9.73. The van der Waals surface area contributed by atoms with Crippen LogP contribution in [0.3, 0.4) is 0 Å². The lowest BCUT2D eigenvalue weighted by atomic mass is 9.86. The molecule has 3 aromatic rings. The van der Waals surface area contributed by atoms with E-state index in [0.29, 0.717) is 28.6 Å². The lowest BCUT2D eigenvalue weighted by Gasteiger charge is -2.26. The number of methoxy groups -OCH3 is 1. The van der Waals surface area contributed by atoms with Crippen molar-refractivity contribution < 1.29 is 19.1 Å². The van der Waals surface area contributed by atoms with Crippen LogP contribution in [0.1, 0.15) is 68.3 Å². The van der Waals surface area contributed by atoms with Crippen molar-refractivity contribution in [1.29, 1.82) is 0 Å². The van der Waals surface area contributed by atoms with Gasteiger partial charge in [0.25, 0.3) is 5.91 Å². The van der Waals surface area contributed by atoms with Crippen molar-refractivity contribution in [1.82, 2.24) is 14.5 Å². The summed E-state index contributed by atoms with van der Waals surface area (Å²) >= 11 is 0. The van der Waals surface area contributed by atoms with Gasteiger partial charge >= 0.3 is 0 Å². The summed E-state index contributed by atoms with van der Waals surface area (Å²) in [5.41, 5.74) is 5.71. The SMILES string of the molecule is C=O.C=O.CC.COc1c(NC(=O)c2cc3c(n2C)C(Nc2ccncn2)=CCC3)cc(C(C)(C)C)cc1N(C)N. The highest BCUT2D eigenvalue weighted by Gasteiger charge is 2.26. The summed E-state index contributed by atoms with van der Waals surface area (Å²) in [6, 6.07) is 7.71. The number of benzene rings is 1. The highest BCUT2D eigenvalue weighted by Crippen LogP contribution is 2.40. The Morgan fingerprint density at radius 3 is 2.34 bits per heavy atom. The molecule has 0 bridgehead atoms. The molecule has 11 heteroatoms. The molecule has 2 aromatic heterocycles. The minimum Gasteiger partial charge on any atom is -0.492 e. The predicted molar refractivity (Wildman–Crippen MR) is 165 cm³/mol. The lowest BCUT2D eigenvalue weighted by Crippen LogP contribution is -2.27. The molecular formula is C30H43N7O4. The highest BCUT2D eigenvalue weighted by atomic mass is 16.5. The monoisotopic (exact) mass is 565 g/mol. The minimum absolute atomic E-state index is 0.146. The van der Waals surface area contributed by atoms with E-state index in [2.05, 4.69) is 47.4 Å². The zero-order chi connectivity index (χ0) is 31.3. The van der Waals surface area contributed by atoms with E-state index in [1.165, 1.54) is 11.3 Å². The van der Waals surface area contributed by atoms with Crippen molar-refractivity contribution in [2.75, 3.05) is 29.8 Å². The van der Waals surface area contributed by atoms with Gasteiger partial charge in [-0.15, -0.1) is 0 Å². The molecule has 1 amide bonds. The number of aryl methyl sites for hydroxylation is 1. The first-order valence-electron chi connectivity index (χ1n) is 13.1. The summed E-state index contributed by atoms with van der Waals surface area (Å²) < 4.78 is 7.58. The van der Waals surface area contributed by atoms with E-state index in [1.54, 1.807) is 20.4 Å². The second kappa shape index (κ2) is 15.9. The van der Waals surface area contributed by atoms with Gasteiger partial charge in [-0.25, -0.2) is 15.8 Å². The molecule has 0 atom stereocenters. The molecule has 0 fully saturated rings. The van der Waals surface area contributed by atoms with Gasteiger partial charge in [-0.05, 0) is 53.6 Å². The first-order chi connectivity index (χ1) is 19.6. The number of nitrogens with two attached hydrogens (primary N) is 1. The zero-order valence-corrected chi connectivity index (χ0v) is 25.4. The normalized spacial score (nSPS) is 11.5. The molecule has 1 aliphatic carbocycles. The second-order valence-electron chi connectivity index (χ2n) is 9.73. The molecule has 4 rings (SSSR count). The molecule has 41 heavy (non-hydrogen) atoms. The maximum absolute atomic E-state index is 13.5. The van der Waals surface area contributed by atoms with Crippen LogP contribution in [0, 0.1) is 0 Å². The summed E-state index contributed by atoms with van der Waals surface area (Å²) in [6.07, 6.45) is 7.05. The fraction of sp³-hybridized carbons (Fsp3) is 0.367. The van der Waals surface area contributed by atoms with Crippen molar-refractivity contribution in [3.63, 3.8) is 0 Å². The number of carbonyl (C=O) groups excluding carboxylic acids is 3. The number of hydrogen-bond donors (Lipinski definition) is 3. The minimum atomic E-state index is -0.224. The smallest absolute Gasteiger partial charge is 0.272 e.